The van der Waals surface area contributed by atoms with E-state index < -0.39 is 6.04 Å². The molecular weight excluding hydrogens is 328 g/mol. The molecule has 5 heteroatoms. The van der Waals surface area contributed by atoms with E-state index in [0.717, 1.165) is 16.9 Å². The van der Waals surface area contributed by atoms with Crippen molar-refractivity contribution in [3.8, 4) is 5.75 Å². The third-order valence-electron chi connectivity index (χ3n) is 4.73. The van der Waals surface area contributed by atoms with Crippen molar-refractivity contribution in [3.05, 3.63) is 65.2 Å². The van der Waals surface area contributed by atoms with Gasteiger partial charge in [0.1, 0.15) is 11.8 Å². The lowest BCUT2D eigenvalue weighted by Crippen LogP contribution is -2.49. The Morgan fingerprint density at radius 3 is 2.54 bits per heavy atom. The second-order valence-corrected chi connectivity index (χ2v) is 6.81. The molecule has 1 heterocycles. The van der Waals surface area contributed by atoms with E-state index in [0.29, 0.717) is 18.7 Å². The maximum Gasteiger partial charge on any atom is 0.255 e. The second-order valence-electron chi connectivity index (χ2n) is 6.81. The van der Waals surface area contributed by atoms with Gasteiger partial charge in [-0.25, -0.2) is 0 Å². The second kappa shape index (κ2) is 7.60. The maximum atomic E-state index is 12.9. The van der Waals surface area contributed by atoms with Gasteiger partial charge in [0.15, 0.2) is 0 Å². The number of carbonyl (C=O) groups excluding carboxylic acids is 2. The van der Waals surface area contributed by atoms with E-state index in [2.05, 4.69) is 5.32 Å². The van der Waals surface area contributed by atoms with Crippen LogP contribution in [0.1, 0.15) is 35.3 Å². The Labute approximate surface area is 154 Å². The fourth-order valence-electron chi connectivity index (χ4n) is 3.44. The minimum Gasteiger partial charge on any atom is -0.496 e. The van der Waals surface area contributed by atoms with Gasteiger partial charge < -0.3 is 15.0 Å². The van der Waals surface area contributed by atoms with Crippen molar-refractivity contribution in [3.63, 3.8) is 0 Å². The number of carbonyl (C=O) groups is 2. The molecule has 136 valence electrons. The molecule has 0 fully saturated rings. The number of methoxy groups -OCH3 is 1. The molecule has 2 aromatic rings. The molecule has 0 saturated carbocycles. The molecule has 1 N–H and O–H groups in total. The van der Waals surface area contributed by atoms with E-state index in [4.69, 9.17) is 4.74 Å². The fourth-order valence-corrected chi connectivity index (χ4v) is 3.44. The summed E-state index contributed by atoms with van der Waals surface area (Å²) in [7, 11) is 1.61. The standard InChI is InChI=1S/C21H24N2O3/c1-14(2)19(23-13-16-9-4-6-10-17(16)21(23)25)20(24)22-12-15-8-5-7-11-18(15)26-3/h4-11,14,19H,12-13H2,1-3H3,(H,22,24)/t19-/m0/s1. The van der Waals surface area contributed by atoms with Crippen LogP contribution >= 0.6 is 0 Å². The zero-order chi connectivity index (χ0) is 18.7. The molecule has 26 heavy (non-hydrogen) atoms. The van der Waals surface area contributed by atoms with Gasteiger partial charge in [-0.3, -0.25) is 9.59 Å². The van der Waals surface area contributed by atoms with Crippen molar-refractivity contribution < 1.29 is 14.3 Å². The highest BCUT2D eigenvalue weighted by molar-refractivity contribution is 6.01. The topological polar surface area (TPSA) is 58.6 Å². The number of para-hydroxylation sites is 1. The first-order valence-corrected chi connectivity index (χ1v) is 8.81. The maximum absolute atomic E-state index is 12.9. The van der Waals surface area contributed by atoms with Crippen molar-refractivity contribution in [2.45, 2.75) is 33.0 Å². The minimum absolute atomic E-state index is 0.00549. The highest BCUT2D eigenvalue weighted by Crippen LogP contribution is 2.27. The summed E-state index contributed by atoms with van der Waals surface area (Å²) in [6, 6.07) is 14.6. The predicted molar refractivity (Wildman–Crippen MR) is 99.8 cm³/mol. The number of nitrogens with zero attached hydrogens (tertiary/aromatic N) is 1. The fraction of sp³-hybridized carbons (Fsp3) is 0.333. The van der Waals surface area contributed by atoms with Gasteiger partial charge in [-0.05, 0) is 23.6 Å². The van der Waals surface area contributed by atoms with Crippen molar-refractivity contribution in [2.24, 2.45) is 5.92 Å². The van der Waals surface area contributed by atoms with Gasteiger partial charge in [0.05, 0.1) is 7.11 Å². The number of ether oxygens (including phenoxy) is 1. The van der Waals surface area contributed by atoms with E-state index >= 15 is 0 Å². The highest BCUT2D eigenvalue weighted by Gasteiger charge is 2.37. The van der Waals surface area contributed by atoms with Crippen LogP contribution in [0.3, 0.4) is 0 Å². The lowest BCUT2D eigenvalue weighted by Gasteiger charge is -2.30. The number of hydrogen-bond acceptors (Lipinski definition) is 3. The molecule has 5 nitrogen and oxygen atoms in total. The van der Waals surface area contributed by atoms with Gasteiger partial charge >= 0.3 is 0 Å². The highest BCUT2D eigenvalue weighted by atomic mass is 16.5. The molecular formula is C21H24N2O3. The van der Waals surface area contributed by atoms with Gasteiger partial charge in [0, 0.05) is 24.2 Å². The molecule has 0 aliphatic carbocycles. The first-order valence-electron chi connectivity index (χ1n) is 8.81. The first-order chi connectivity index (χ1) is 12.5. The molecule has 1 aliphatic rings. The molecule has 0 aromatic heterocycles. The van der Waals surface area contributed by atoms with Crippen LogP contribution in [0.2, 0.25) is 0 Å². The van der Waals surface area contributed by atoms with E-state index in [-0.39, 0.29) is 17.7 Å². The van der Waals surface area contributed by atoms with Crippen LogP contribution in [0, 0.1) is 5.92 Å². The third kappa shape index (κ3) is 3.43. The zero-order valence-electron chi connectivity index (χ0n) is 15.4. The van der Waals surface area contributed by atoms with Gasteiger partial charge in [0.25, 0.3) is 5.91 Å². The number of fused-ring (bicyclic) bond motifs is 1. The van der Waals surface area contributed by atoms with Crippen molar-refractivity contribution in [1.29, 1.82) is 0 Å². The number of hydrogen-bond donors (Lipinski definition) is 1. The van der Waals surface area contributed by atoms with Gasteiger partial charge in [0.2, 0.25) is 5.91 Å². The quantitative estimate of drug-likeness (QED) is 0.869. The lowest BCUT2D eigenvalue weighted by molar-refractivity contribution is -0.127. The summed E-state index contributed by atoms with van der Waals surface area (Å²) in [5.74, 6) is 0.517. The number of amides is 2. The molecule has 1 atom stereocenters. The molecule has 0 radical (unpaired) electrons. The summed E-state index contributed by atoms with van der Waals surface area (Å²) in [6.07, 6.45) is 0. The van der Waals surface area contributed by atoms with Crippen LogP contribution < -0.4 is 10.1 Å². The Balaban J connectivity index is 1.74. The molecule has 1 aliphatic heterocycles. The van der Waals surface area contributed by atoms with Crippen molar-refractivity contribution >= 4 is 11.8 Å². The van der Waals surface area contributed by atoms with Crippen LogP contribution in [0.25, 0.3) is 0 Å². The predicted octanol–water partition coefficient (Wildman–Crippen LogP) is 2.99. The van der Waals surface area contributed by atoms with Crippen LogP contribution in [-0.4, -0.2) is 29.9 Å². The summed E-state index contributed by atoms with van der Waals surface area (Å²) < 4.78 is 5.33. The summed E-state index contributed by atoms with van der Waals surface area (Å²) in [6.45, 7) is 4.76. The molecule has 2 amide bonds. The molecule has 2 aromatic carbocycles. The molecule has 0 spiro atoms. The normalized spacial score (nSPS) is 14.3. The Morgan fingerprint density at radius 1 is 1.15 bits per heavy atom. The lowest BCUT2D eigenvalue weighted by atomic mass is 10.0. The number of benzene rings is 2. The Kier molecular flexibility index (Phi) is 5.26. The van der Waals surface area contributed by atoms with Crippen molar-refractivity contribution in [1.82, 2.24) is 10.2 Å². The zero-order valence-corrected chi connectivity index (χ0v) is 15.4. The van der Waals surface area contributed by atoms with E-state index in [1.54, 1.807) is 12.0 Å². The van der Waals surface area contributed by atoms with E-state index in [1.807, 2.05) is 62.4 Å². The monoisotopic (exact) mass is 352 g/mol. The Morgan fingerprint density at radius 2 is 1.85 bits per heavy atom. The van der Waals surface area contributed by atoms with E-state index in [9.17, 15) is 9.59 Å². The summed E-state index contributed by atoms with van der Waals surface area (Å²) in [5, 5.41) is 2.97. The molecule has 0 bridgehead atoms. The van der Waals surface area contributed by atoms with Crippen LogP contribution in [-0.2, 0) is 17.9 Å². The molecule has 0 saturated heterocycles. The average Bonchev–Trinajstić information content (AvgIpc) is 2.97. The Bertz CT molecular complexity index is 816. The largest absolute Gasteiger partial charge is 0.496 e. The van der Waals surface area contributed by atoms with Crippen molar-refractivity contribution in [2.75, 3.05) is 7.11 Å². The minimum atomic E-state index is -0.510. The van der Waals surface area contributed by atoms with E-state index in [1.165, 1.54) is 0 Å². The summed E-state index contributed by atoms with van der Waals surface area (Å²) >= 11 is 0. The van der Waals surface area contributed by atoms with Crippen LogP contribution in [0.4, 0.5) is 0 Å². The number of nitrogens with one attached hydrogen (secondary N) is 1. The van der Waals surface area contributed by atoms with Gasteiger partial charge in [-0.2, -0.15) is 0 Å². The average molecular weight is 352 g/mol. The SMILES string of the molecule is COc1ccccc1CNC(=O)[C@H](C(C)C)N1Cc2ccccc2C1=O. The Hall–Kier alpha value is -2.82. The van der Waals surface area contributed by atoms with Crippen LogP contribution in [0.15, 0.2) is 48.5 Å². The first kappa shape index (κ1) is 18.0. The summed E-state index contributed by atoms with van der Waals surface area (Å²) in [5.41, 5.74) is 2.57. The van der Waals surface area contributed by atoms with Gasteiger partial charge in [-0.1, -0.05) is 50.2 Å². The number of rotatable bonds is 6. The summed E-state index contributed by atoms with van der Waals surface area (Å²) in [4.78, 5) is 27.3. The third-order valence-corrected chi connectivity index (χ3v) is 4.73. The smallest absolute Gasteiger partial charge is 0.255 e. The molecule has 3 rings (SSSR count). The van der Waals surface area contributed by atoms with Crippen LogP contribution in [0.5, 0.6) is 5.75 Å². The van der Waals surface area contributed by atoms with Gasteiger partial charge in [-0.15, -0.1) is 0 Å². The molecule has 0 unspecified atom stereocenters.